The highest BCUT2D eigenvalue weighted by Crippen LogP contribution is 2.54. The maximum atomic E-state index is 7.14. The summed E-state index contributed by atoms with van der Waals surface area (Å²) in [6, 6.07) is 1.23. The van der Waals surface area contributed by atoms with Crippen LogP contribution in [0.25, 0.3) is 0 Å². The van der Waals surface area contributed by atoms with Crippen LogP contribution in [0.15, 0.2) is 46.2 Å². The van der Waals surface area contributed by atoms with E-state index in [2.05, 4.69) is 75.3 Å². The lowest BCUT2D eigenvalue weighted by atomic mass is 9.69. The number of hydrogen-bond acceptors (Lipinski definition) is 1. The van der Waals surface area contributed by atoms with Gasteiger partial charge in [-0.1, -0.05) is 37.6 Å². The van der Waals surface area contributed by atoms with Gasteiger partial charge in [0.15, 0.2) is 11.8 Å². The minimum Gasteiger partial charge on any atom is -0.371 e. The molecule has 1 saturated heterocycles. The second-order valence-electron chi connectivity index (χ2n) is 13.8. The van der Waals surface area contributed by atoms with Gasteiger partial charge < -0.3 is 4.90 Å². The molecule has 2 nitrogen and oxygen atoms in total. The predicted molar refractivity (Wildman–Crippen MR) is 169 cm³/mol. The molecule has 0 aromatic rings. The lowest BCUT2D eigenvalue weighted by Gasteiger charge is -2.36. The number of fused-ring (bicyclic) bond motifs is 2. The molecule has 2 saturated carbocycles. The topological polar surface area (TPSA) is 6.25 Å². The Balaban J connectivity index is 1.43. The van der Waals surface area contributed by atoms with E-state index in [1.54, 1.807) is 0 Å². The van der Waals surface area contributed by atoms with E-state index in [0.29, 0.717) is 34.7 Å². The predicted octanol–water partition coefficient (Wildman–Crippen LogP) is 9.46. The summed E-state index contributed by atoms with van der Waals surface area (Å²) < 4.78 is 2.66. The molecule has 5 aliphatic rings. The van der Waals surface area contributed by atoms with Crippen molar-refractivity contribution in [1.82, 2.24) is 4.90 Å². The lowest BCUT2D eigenvalue weighted by Crippen LogP contribution is -2.38. The highest BCUT2D eigenvalue weighted by atomic mass is 35.5. The molecule has 0 amide bonds. The van der Waals surface area contributed by atoms with Crippen molar-refractivity contribution in [1.29, 1.82) is 0 Å². The average molecular weight is 593 g/mol. The van der Waals surface area contributed by atoms with E-state index >= 15 is 0 Å². The largest absolute Gasteiger partial charge is 0.371 e. The van der Waals surface area contributed by atoms with E-state index in [0.717, 1.165) is 63.1 Å². The van der Waals surface area contributed by atoms with Gasteiger partial charge in [-0.15, -0.1) is 23.2 Å². The molecule has 2 aliphatic heterocycles. The molecule has 5 rings (SSSR count). The van der Waals surface area contributed by atoms with Crippen LogP contribution < -0.4 is 0 Å². The fourth-order valence-corrected chi connectivity index (χ4v) is 9.93. The third-order valence-electron chi connectivity index (χ3n) is 11.1. The minimum absolute atomic E-state index is 0.131. The molecule has 3 aliphatic carbocycles. The van der Waals surface area contributed by atoms with Gasteiger partial charge in [0.25, 0.3) is 0 Å². The van der Waals surface area contributed by atoms with E-state index in [9.17, 15) is 0 Å². The summed E-state index contributed by atoms with van der Waals surface area (Å²) in [5.74, 6) is 1.25. The van der Waals surface area contributed by atoms with Gasteiger partial charge in [0.05, 0.1) is 5.41 Å². The minimum atomic E-state index is 0.131. The first kappa shape index (κ1) is 29.8. The van der Waals surface area contributed by atoms with Gasteiger partial charge >= 0.3 is 0 Å². The summed E-state index contributed by atoms with van der Waals surface area (Å²) in [7, 11) is 0. The van der Waals surface area contributed by atoms with Gasteiger partial charge in [-0.25, -0.2) is 4.58 Å². The Kier molecular flexibility index (Phi) is 8.80. The van der Waals surface area contributed by atoms with Gasteiger partial charge in [-0.2, -0.15) is 0 Å². The second kappa shape index (κ2) is 11.5. The summed E-state index contributed by atoms with van der Waals surface area (Å²) in [6.45, 7) is 16.4. The Morgan fingerprint density at radius 1 is 0.872 bits per heavy atom. The van der Waals surface area contributed by atoms with E-state index in [-0.39, 0.29) is 10.8 Å². The first-order valence-electron chi connectivity index (χ1n) is 15.7. The Labute approximate surface area is 253 Å². The van der Waals surface area contributed by atoms with Crippen LogP contribution in [0.5, 0.6) is 0 Å². The summed E-state index contributed by atoms with van der Waals surface area (Å²) >= 11 is 20.4. The van der Waals surface area contributed by atoms with Crippen LogP contribution in [-0.4, -0.2) is 51.1 Å². The molecule has 0 radical (unpaired) electrons. The number of nitrogens with zero attached hydrogens (tertiary/aromatic N) is 2. The second-order valence-corrected chi connectivity index (χ2v) is 15.5. The van der Waals surface area contributed by atoms with E-state index in [1.165, 1.54) is 35.4 Å². The molecule has 216 valence electrons. The molecule has 6 atom stereocenters. The molecule has 0 aromatic carbocycles. The normalized spacial score (nSPS) is 38.3. The number of rotatable bonds is 5. The van der Waals surface area contributed by atoms with Gasteiger partial charge in [0.2, 0.25) is 0 Å². The fraction of sp³-hybridized carbons (Fsp3) is 0.735. The molecule has 2 heterocycles. The van der Waals surface area contributed by atoms with Crippen molar-refractivity contribution in [2.24, 2.45) is 22.7 Å². The molecule has 0 aromatic heterocycles. The maximum absolute atomic E-state index is 7.14. The number of alkyl halides is 2. The molecular weight excluding hydrogens is 543 g/mol. The summed E-state index contributed by atoms with van der Waals surface area (Å²) in [4.78, 5) is 2.66. The van der Waals surface area contributed by atoms with Crippen LogP contribution in [0.4, 0.5) is 0 Å². The van der Waals surface area contributed by atoms with E-state index in [4.69, 9.17) is 34.8 Å². The van der Waals surface area contributed by atoms with Crippen molar-refractivity contribution in [3.8, 4) is 0 Å². The average Bonchev–Trinajstić information content (AvgIpc) is 3.24. The lowest BCUT2D eigenvalue weighted by molar-refractivity contribution is -0.563. The van der Waals surface area contributed by atoms with Gasteiger partial charge in [-0.05, 0) is 102 Å². The zero-order chi connectivity index (χ0) is 28.1. The first-order chi connectivity index (χ1) is 18.5. The summed E-state index contributed by atoms with van der Waals surface area (Å²) in [6.07, 6.45) is 19.6. The van der Waals surface area contributed by atoms with Crippen molar-refractivity contribution in [2.45, 2.75) is 122 Å². The highest BCUT2D eigenvalue weighted by molar-refractivity contribution is 6.32. The molecule has 6 unspecified atom stereocenters. The Morgan fingerprint density at radius 2 is 1.56 bits per heavy atom. The maximum Gasteiger partial charge on any atom is 0.182 e. The molecular formula is C34H50Cl3N2+. The number of halogens is 3. The number of hydrogen-bond donors (Lipinski definition) is 0. The van der Waals surface area contributed by atoms with Crippen LogP contribution in [0.2, 0.25) is 0 Å². The van der Waals surface area contributed by atoms with Crippen LogP contribution >= 0.6 is 34.8 Å². The molecule has 5 heteroatoms. The standard InChI is InChI=1S/C34H50Cl3N2/c1-7-38-28-16-14-24(35)20-26(28)33(3,4)30(38)18-12-22-10-9-11-23(32(22)37)13-19-31-34(5,6)27-21-25(36)15-17-29(27)39(31)8-2/h12-13,18-19,24-29H,7-11,14-17,20-21H2,1-6H3/q+1. The Morgan fingerprint density at radius 3 is 2.26 bits per heavy atom. The molecule has 0 bridgehead atoms. The van der Waals surface area contributed by atoms with E-state index in [1.807, 2.05) is 0 Å². The van der Waals surface area contributed by atoms with Crippen molar-refractivity contribution in [2.75, 3.05) is 13.1 Å². The molecule has 0 spiro atoms. The first-order valence-corrected chi connectivity index (χ1v) is 16.9. The van der Waals surface area contributed by atoms with Crippen molar-refractivity contribution in [3.05, 3.63) is 46.2 Å². The smallest absolute Gasteiger partial charge is 0.182 e. The van der Waals surface area contributed by atoms with Crippen LogP contribution in [0, 0.1) is 22.7 Å². The van der Waals surface area contributed by atoms with Crippen molar-refractivity contribution < 1.29 is 4.58 Å². The Hall–Kier alpha value is -0.700. The number of likely N-dealkylation sites (tertiary alicyclic amines) is 1. The number of allylic oxidation sites excluding steroid dienone is 8. The summed E-state index contributed by atoms with van der Waals surface area (Å²) in [5.41, 5.74) is 5.76. The van der Waals surface area contributed by atoms with Crippen LogP contribution in [0.3, 0.4) is 0 Å². The third-order valence-corrected chi connectivity index (χ3v) is 12.4. The van der Waals surface area contributed by atoms with Crippen LogP contribution in [-0.2, 0) is 0 Å². The molecule has 0 N–H and O–H groups in total. The van der Waals surface area contributed by atoms with Crippen LogP contribution in [0.1, 0.15) is 99.3 Å². The van der Waals surface area contributed by atoms with Crippen molar-refractivity contribution in [3.63, 3.8) is 0 Å². The third kappa shape index (κ3) is 5.34. The zero-order valence-electron chi connectivity index (χ0n) is 25.1. The zero-order valence-corrected chi connectivity index (χ0v) is 27.3. The highest BCUT2D eigenvalue weighted by Gasteiger charge is 2.55. The van der Waals surface area contributed by atoms with Gasteiger partial charge in [-0.3, -0.25) is 0 Å². The van der Waals surface area contributed by atoms with Gasteiger partial charge in [0.1, 0.15) is 6.54 Å². The monoisotopic (exact) mass is 591 g/mol. The molecule has 39 heavy (non-hydrogen) atoms. The molecule has 3 fully saturated rings. The van der Waals surface area contributed by atoms with E-state index < -0.39 is 0 Å². The fourth-order valence-electron chi connectivity index (χ4n) is 8.98. The van der Waals surface area contributed by atoms with Gasteiger partial charge in [0, 0.05) is 57.9 Å². The SMILES string of the molecule is CCN1/C(=C/C=C2\CCCC(/C=C/C3=[N+](CC)C4CCC(Cl)CC4C3(C)C)=C2Cl)C(C)(C)C2CC(Cl)CCC21. The summed E-state index contributed by atoms with van der Waals surface area (Å²) in [5, 5.41) is 1.60. The van der Waals surface area contributed by atoms with Crippen molar-refractivity contribution >= 4 is 40.5 Å². The quantitative estimate of drug-likeness (QED) is 0.228. The Bertz CT molecular complexity index is 1110.